The van der Waals surface area contributed by atoms with Crippen molar-refractivity contribution in [2.75, 3.05) is 10.8 Å². The molecule has 22 heavy (non-hydrogen) atoms. The largest absolute Gasteiger partial charge is 0.294 e. The highest BCUT2D eigenvalue weighted by Gasteiger charge is 2.33. The second-order valence-corrected chi connectivity index (χ2v) is 7.48. The normalized spacial score (nSPS) is 14.8. The molecule has 1 aliphatic heterocycles. The van der Waals surface area contributed by atoms with Gasteiger partial charge in [0, 0.05) is 23.6 Å². The van der Waals surface area contributed by atoms with Crippen LogP contribution in [0.3, 0.4) is 0 Å². The highest BCUT2D eigenvalue weighted by Crippen LogP contribution is 2.35. The number of benzene rings is 2. The number of para-hydroxylation sites is 1. The summed E-state index contributed by atoms with van der Waals surface area (Å²) in [7, 11) is -3.75. The van der Waals surface area contributed by atoms with Gasteiger partial charge in [-0.05, 0) is 36.8 Å². The Kier molecular flexibility index (Phi) is 3.70. The maximum Gasteiger partial charge on any atom is 0.264 e. The van der Waals surface area contributed by atoms with Gasteiger partial charge < -0.3 is 0 Å². The first-order valence-electron chi connectivity index (χ1n) is 6.82. The molecule has 3 rings (SSSR count). The van der Waals surface area contributed by atoms with E-state index >= 15 is 0 Å². The van der Waals surface area contributed by atoms with E-state index in [1.807, 2.05) is 0 Å². The lowest BCUT2D eigenvalue weighted by atomic mass is 9.99. The minimum absolute atomic E-state index is 0.0313. The van der Waals surface area contributed by atoms with Gasteiger partial charge in [0.25, 0.3) is 10.0 Å². The Hall–Kier alpha value is -1.85. The molecule has 1 aliphatic rings. The molecule has 0 aromatic heterocycles. The molecule has 0 saturated carbocycles. The molecule has 0 bridgehead atoms. The minimum Gasteiger partial charge on any atom is -0.294 e. The summed E-state index contributed by atoms with van der Waals surface area (Å²) in [5.74, 6) is -0.0313. The van der Waals surface area contributed by atoms with E-state index in [1.165, 1.54) is 16.4 Å². The lowest BCUT2D eigenvalue weighted by Crippen LogP contribution is -2.38. The number of halogens is 1. The van der Waals surface area contributed by atoms with Crippen molar-refractivity contribution in [3.63, 3.8) is 0 Å². The number of ketones is 1. The minimum atomic E-state index is -3.75. The number of rotatable bonds is 2. The Labute approximate surface area is 134 Å². The van der Waals surface area contributed by atoms with Crippen LogP contribution in [0.2, 0.25) is 5.02 Å². The summed E-state index contributed by atoms with van der Waals surface area (Å²) < 4.78 is 27.1. The Morgan fingerprint density at radius 1 is 1.14 bits per heavy atom. The van der Waals surface area contributed by atoms with Crippen LogP contribution < -0.4 is 4.31 Å². The van der Waals surface area contributed by atoms with Crippen molar-refractivity contribution in [2.24, 2.45) is 0 Å². The van der Waals surface area contributed by atoms with E-state index in [9.17, 15) is 13.2 Å². The molecular formula is C16H14ClNO3S. The topological polar surface area (TPSA) is 54.5 Å². The van der Waals surface area contributed by atoms with Crippen LogP contribution in [-0.2, 0) is 10.0 Å². The third kappa shape index (κ3) is 2.40. The smallest absolute Gasteiger partial charge is 0.264 e. The summed E-state index contributed by atoms with van der Waals surface area (Å²) in [6.45, 7) is 1.95. The van der Waals surface area contributed by atoms with Crippen molar-refractivity contribution < 1.29 is 13.2 Å². The number of Topliss-reactive ketones (excluding diaryl/α,β-unsaturated/α-hetero) is 1. The maximum absolute atomic E-state index is 12.9. The summed E-state index contributed by atoms with van der Waals surface area (Å²) in [5.41, 5.74) is 1.69. The molecule has 0 fully saturated rings. The van der Waals surface area contributed by atoms with Gasteiger partial charge in [0.15, 0.2) is 5.78 Å². The van der Waals surface area contributed by atoms with Crippen molar-refractivity contribution >= 4 is 33.1 Å². The standard InChI is InChI=1S/C16H14ClNO3S/c1-11-4-2-7-14-15(19)8-9-18(16(11)14)22(20,21)13-6-3-5-12(17)10-13/h2-7,10H,8-9H2,1H3. The Bertz CT molecular complexity index is 861. The molecule has 6 heteroatoms. The average Bonchev–Trinajstić information content (AvgIpc) is 2.48. The Balaban J connectivity index is 2.18. The van der Waals surface area contributed by atoms with Crippen LogP contribution in [0.25, 0.3) is 0 Å². The molecule has 0 atom stereocenters. The van der Waals surface area contributed by atoms with Crippen LogP contribution in [0, 0.1) is 6.92 Å². The Morgan fingerprint density at radius 3 is 2.59 bits per heavy atom. The molecule has 4 nitrogen and oxygen atoms in total. The fourth-order valence-corrected chi connectivity index (χ4v) is 4.51. The van der Waals surface area contributed by atoms with Crippen molar-refractivity contribution in [3.8, 4) is 0 Å². The Morgan fingerprint density at radius 2 is 1.86 bits per heavy atom. The molecule has 0 spiro atoms. The van der Waals surface area contributed by atoms with Gasteiger partial charge in [-0.15, -0.1) is 0 Å². The number of fused-ring (bicyclic) bond motifs is 1. The van der Waals surface area contributed by atoms with Crippen molar-refractivity contribution in [1.29, 1.82) is 0 Å². The molecule has 2 aromatic carbocycles. The molecule has 0 radical (unpaired) electrons. The highest BCUT2D eigenvalue weighted by atomic mass is 35.5. The fraction of sp³-hybridized carbons (Fsp3) is 0.188. The van der Waals surface area contributed by atoms with Crippen LogP contribution in [-0.4, -0.2) is 20.7 Å². The quantitative estimate of drug-likeness (QED) is 0.844. The first-order chi connectivity index (χ1) is 10.4. The third-order valence-electron chi connectivity index (χ3n) is 3.71. The summed E-state index contributed by atoms with van der Waals surface area (Å²) in [5, 5.41) is 0.360. The molecule has 0 N–H and O–H groups in total. The van der Waals surface area contributed by atoms with Crippen molar-refractivity contribution in [1.82, 2.24) is 0 Å². The molecule has 0 saturated heterocycles. The van der Waals surface area contributed by atoms with Crippen molar-refractivity contribution in [2.45, 2.75) is 18.2 Å². The van der Waals surface area contributed by atoms with E-state index in [0.717, 1.165) is 5.56 Å². The lowest BCUT2D eigenvalue weighted by Gasteiger charge is -2.31. The van der Waals surface area contributed by atoms with Gasteiger partial charge in [0.2, 0.25) is 0 Å². The summed E-state index contributed by atoms with van der Waals surface area (Å²) in [6.07, 6.45) is 0.177. The average molecular weight is 336 g/mol. The van der Waals surface area contributed by atoms with E-state index in [-0.39, 0.29) is 23.6 Å². The van der Waals surface area contributed by atoms with E-state index in [4.69, 9.17) is 11.6 Å². The van der Waals surface area contributed by atoms with Crippen LogP contribution in [0.4, 0.5) is 5.69 Å². The fourth-order valence-electron chi connectivity index (χ4n) is 2.66. The van der Waals surface area contributed by atoms with E-state index in [0.29, 0.717) is 16.3 Å². The van der Waals surface area contributed by atoms with Gasteiger partial charge in [-0.2, -0.15) is 0 Å². The number of anilines is 1. The molecule has 0 aliphatic carbocycles. The SMILES string of the molecule is Cc1cccc2c1N(S(=O)(=O)c1cccc(Cl)c1)CCC2=O. The monoisotopic (exact) mass is 335 g/mol. The van der Waals surface area contributed by atoms with Gasteiger partial charge in [0.05, 0.1) is 10.6 Å². The number of aryl methyl sites for hydroxylation is 1. The van der Waals surface area contributed by atoms with E-state index in [2.05, 4.69) is 0 Å². The highest BCUT2D eigenvalue weighted by molar-refractivity contribution is 7.92. The van der Waals surface area contributed by atoms with Crippen molar-refractivity contribution in [3.05, 3.63) is 58.6 Å². The summed E-state index contributed by atoms with van der Waals surface area (Å²) >= 11 is 5.91. The molecule has 114 valence electrons. The number of carbonyl (C=O) groups excluding carboxylic acids is 1. The van der Waals surface area contributed by atoms with Crippen LogP contribution >= 0.6 is 11.6 Å². The molecule has 0 unspecified atom stereocenters. The summed E-state index contributed by atoms with van der Waals surface area (Å²) in [4.78, 5) is 12.2. The zero-order valence-corrected chi connectivity index (χ0v) is 13.5. The van der Waals surface area contributed by atoms with Crippen LogP contribution in [0.15, 0.2) is 47.4 Å². The van der Waals surface area contributed by atoms with Gasteiger partial charge in [0.1, 0.15) is 0 Å². The first kappa shape index (κ1) is 15.1. The van der Waals surface area contributed by atoms with E-state index < -0.39 is 10.0 Å². The predicted octanol–water partition coefficient (Wildman–Crippen LogP) is 3.43. The number of sulfonamides is 1. The molecular weight excluding hydrogens is 322 g/mol. The van der Waals surface area contributed by atoms with E-state index in [1.54, 1.807) is 37.3 Å². The van der Waals surface area contributed by atoms with Gasteiger partial charge in [-0.3, -0.25) is 9.10 Å². The van der Waals surface area contributed by atoms with Gasteiger partial charge >= 0.3 is 0 Å². The maximum atomic E-state index is 12.9. The zero-order chi connectivity index (χ0) is 15.9. The molecule has 0 amide bonds. The summed E-state index contributed by atoms with van der Waals surface area (Å²) in [6, 6.07) is 11.4. The third-order valence-corrected chi connectivity index (χ3v) is 5.74. The molecule has 2 aromatic rings. The number of nitrogens with zero attached hydrogens (tertiary/aromatic N) is 1. The van der Waals surface area contributed by atoms with Gasteiger partial charge in [-0.25, -0.2) is 8.42 Å². The number of carbonyl (C=O) groups is 1. The number of hydrogen-bond acceptors (Lipinski definition) is 3. The molecule has 1 heterocycles. The lowest BCUT2D eigenvalue weighted by molar-refractivity contribution is 0.0982. The first-order valence-corrected chi connectivity index (χ1v) is 8.64. The second-order valence-electron chi connectivity index (χ2n) is 5.18. The number of hydrogen-bond donors (Lipinski definition) is 0. The zero-order valence-electron chi connectivity index (χ0n) is 11.9. The van der Waals surface area contributed by atoms with Crippen LogP contribution in [0.1, 0.15) is 22.3 Å². The second kappa shape index (κ2) is 5.41. The van der Waals surface area contributed by atoms with Gasteiger partial charge in [-0.1, -0.05) is 29.8 Å². The van der Waals surface area contributed by atoms with Crippen LogP contribution in [0.5, 0.6) is 0 Å². The predicted molar refractivity (Wildman–Crippen MR) is 86.1 cm³/mol.